The van der Waals surface area contributed by atoms with Crippen LogP contribution in [0, 0.1) is 0 Å². The monoisotopic (exact) mass is 304 g/mol. The highest BCUT2D eigenvalue weighted by atomic mass is 35.5. The highest BCUT2D eigenvalue weighted by Gasteiger charge is 2.28. The maximum absolute atomic E-state index is 12.1. The second kappa shape index (κ2) is 6.98. The molecule has 4 nitrogen and oxygen atoms in total. The van der Waals surface area contributed by atoms with Crippen molar-refractivity contribution in [2.24, 2.45) is 5.73 Å². The lowest BCUT2D eigenvalue weighted by molar-refractivity contribution is -0.136. The van der Waals surface area contributed by atoms with E-state index in [4.69, 9.17) is 22.1 Å². The molecular weight excluding hydrogens is 287 g/mol. The van der Waals surface area contributed by atoms with Crippen LogP contribution in [0.5, 0.6) is 5.75 Å². The second-order valence-corrected chi connectivity index (χ2v) is 4.93. The fraction of sp³-hybridized carbons (Fsp3) is 0.462. The number of carbonyl (C=O) groups is 1. The fourth-order valence-electron chi connectivity index (χ4n) is 2.03. The molecule has 0 bridgehead atoms. The summed E-state index contributed by atoms with van der Waals surface area (Å²) in [6.45, 7) is 3.04. The third-order valence-corrected chi connectivity index (χ3v) is 3.34. The van der Waals surface area contributed by atoms with Gasteiger partial charge in [-0.1, -0.05) is 23.7 Å². The van der Waals surface area contributed by atoms with Gasteiger partial charge in [0.2, 0.25) is 0 Å². The largest absolute Gasteiger partial charge is 0.479 e. The van der Waals surface area contributed by atoms with E-state index >= 15 is 0 Å². The summed E-state index contributed by atoms with van der Waals surface area (Å²) in [5, 5.41) is 0.510. The van der Waals surface area contributed by atoms with E-state index in [1.807, 2.05) is 12.1 Å². The maximum atomic E-state index is 12.1. The zero-order valence-corrected chi connectivity index (χ0v) is 12.3. The minimum atomic E-state index is -0.546. The van der Waals surface area contributed by atoms with Crippen molar-refractivity contribution in [1.29, 1.82) is 0 Å². The molecule has 0 aliphatic carbocycles. The zero-order valence-electron chi connectivity index (χ0n) is 10.7. The van der Waals surface area contributed by atoms with Crippen molar-refractivity contribution >= 4 is 29.9 Å². The number of benzene rings is 1. The van der Waals surface area contributed by atoms with Gasteiger partial charge >= 0.3 is 0 Å². The molecule has 2 N–H and O–H groups in total. The lowest BCUT2D eigenvalue weighted by Gasteiger charge is -2.21. The van der Waals surface area contributed by atoms with E-state index in [1.165, 1.54) is 0 Å². The molecule has 1 unspecified atom stereocenters. The average molecular weight is 305 g/mol. The molecule has 0 saturated carbocycles. The first-order valence-electron chi connectivity index (χ1n) is 6.03. The van der Waals surface area contributed by atoms with Crippen molar-refractivity contribution in [3.63, 3.8) is 0 Å². The van der Waals surface area contributed by atoms with Gasteiger partial charge in [0.05, 0.1) is 5.02 Å². The normalized spacial score (nSPS) is 19.7. The molecule has 6 heteroatoms. The van der Waals surface area contributed by atoms with E-state index in [0.717, 1.165) is 6.42 Å². The van der Waals surface area contributed by atoms with Gasteiger partial charge in [-0.25, -0.2) is 0 Å². The smallest absolute Gasteiger partial charge is 0.263 e. The van der Waals surface area contributed by atoms with Crippen LogP contribution in [0.15, 0.2) is 24.3 Å². The van der Waals surface area contributed by atoms with Crippen molar-refractivity contribution in [3.05, 3.63) is 29.3 Å². The van der Waals surface area contributed by atoms with Crippen LogP contribution >= 0.6 is 24.0 Å². The Bertz CT molecular complexity index is 442. The third kappa shape index (κ3) is 4.00. The Balaban J connectivity index is 0.00000180. The fourth-order valence-corrected chi connectivity index (χ4v) is 2.21. The Labute approximate surface area is 124 Å². The molecule has 19 heavy (non-hydrogen) atoms. The van der Waals surface area contributed by atoms with Crippen LogP contribution < -0.4 is 10.5 Å². The first-order valence-corrected chi connectivity index (χ1v) is 6.41. The summed E-state index contributed by atoms with van der Waals surface area (Å²) in [6.07, 6.45) is 0.306. The van der Waals surface area contributed by atoms with E-state index in [0.29, 0.717) is 23.9 Å². The standard InChI is InChI=1S/C13H17ClN2O2.ClH/c1-9(13(17)16-7-6-10(15)8-16)18-12-5-3-2-4-11(12)14;/h2-5,9-10H,6-8,15H2,1H3;1H/t9?,10-;/m1./s1. The van der Waals surface area contributed by atoms with E-state index < -0.39 is 6.10 Å². The van der Waals surface area contributed by atoms with Crippen molar-refractivity contribution in [2.75, 3.05) is 13.1 Å². The number of ether oxygens (including phenoxy) is 1. The molecule has 0 aromatic heterocycles. The van der Waals surface area contributed by atoms with Gasteiger partial charge in [-0.3, -0.25) is 4.79 Å². The molecule has 1 amide bonds. The Morgan fingerprint density at radius 1 is 1.53 bits per heavy atom. The van der Waals surface area contributed by atoms with Crippen LogP contribution in [0.25, 0.3) is 0 Å². The molecular formula is C13H18Cl2N2O2. The number of rotatable bonds is 3. The Hall–Kier alpha value is -0.970. The predicted molar refractivity (Wildman–Crippen MR) is 78.0 cm³/mol. The number of para-hydroxylation sites is 1. The lowest BCUT2D eigenvalue weighted by atomic mass is 10.3. The molecule has 1 fully saturated rings. The Kier molecular flexibility index (Phi) is 5.91. The number of halogens is 2. The van der Waals surface area contributed by atoms with Gasteiger partial charge in [0.1, 0.15) is 5.75 Å². The number of nitrogens with zero attached hydrogens (tertiary/aromatic N) is 1. The first-order chi connectivity index (χ1) is 8.58. The van der Waals surface area contributed by atoms with Gasteiger partial charge in [-0.15, -0.1) is 12.4 Å². The van der Waals surface area contributed by atoms with Crippen LogP contribution in [0.1, 0.15) is 13.3 Å². The molecule has 0 radical (unpaired) electrons. The van der Waals surface area contributed by atoms with Crippen LogP contribution in [0.4, 0.5) is 0 Å². The molecule has 2 rings (SSSR count). The summed E-state index contributed by atoms with van der Waals surface area (Å²) in [7, 11) is 0. The third-order valence-electron chi connectivity index (χ3n) is 3.02. The van der Waals surface area contributed by atoms with Crippen molar-refractivity contribution in [2.45, 2.75) is 25.5 Å². The van der Waals surface area contributed by atoms with Gasteiger partial charge in [0, 0.05) is 19.1 Å². The number of nitrogens with two attached hydrogens (primary N) is 1. The minimum absolute atomic E-state index is 0. The molecule has 1 aromatic carbocycles. The van der Waals surface area contributed by atoms with Crippen molar-refractivity contribution in [3.8, 4) is 5.75 Å². The molecule has 1 saturated heterocycles. The van der Waals surface area contributed by atoms with Gasteiger partial charge < -0.3 is 15.4 Å². The minimum Gasteiger partial charge on any atom is -0.479 e. The summed E-state index contributed by atoms with van der Waals surface area (Å²) >= 11 is 5.99. The van der Waals surface area contributed by atoms with Crippen LogP contribution in [-0.2, 0) is 4.79 Å². The summed E-state index contributed by atoms with van der Waals surface area (Å²) in [6, 6.07) is 7.22. The summed E-state index contributed by atoms with van der Waals surface area (Å²) in [5.41, 5.74) is 5.78. The van der Waals surface area contributed by atoms with E-state index in [-0.39, 0.29) is 24.4 Å². The zero-order chi connectivity index (χ0) is 13.1. The highest BCUT2D eigenvalue weighted by molar-refractivity contribution is 6.32. The first kappa shape index (κ1) is 16.1. The predicted octanol–water partition coefficient (Wildman–Crippen LogP) is 2.09. The topological polar surface area (TPSA) is 55.6 Å². The maximum Gasteiger partial charge on any atom is 0.263 e. The molecule has 2 atom stereocenters. The van der Waals surface area contributed by atoms with Gasteiger partial charge in [-0.2, -0.15) is 0 Å². The van der Waals surface area contributed by atoms with Gasteiger partial charge in [0.15, 0.2) is 6.10 Å². The number of hydrogen-bond donors (Lipinski definition) is 1. The number of hydrogen-bond acceptors (Lipinski definition) is 3. The van der Waals surface area contributed by atoms with Gasteiger partial charge in [-0.05, 0) is 25.5 Å². The molecule has 1 aliphatic rings. The highest BCUT2D eigenvalue weighted by Crippen LogP contribution is 2.24. The van der Waals surface area contributed by atoms with Crippen molar-refractivity contribution in [1.82, 2.24) is 4.90 Å². The Morgan fingerprint density at radius 3 is 2.79 bits per heavy atom. The summed E-state index contributed by atoms with van der Waals surface area (Å²) < 4.78 is 5.59. The quantitative estimate of drug-likeness (QED) is 0.930. The molecule has 1 aromatic rings. The summed E-state index contributed by atoms with van der Waals surface area (Å²) in [4.78, 5) is 13.9. The SMILES string of the molecule is CC(Oc1ccccc1Cl)C(=O)N1CC[C@@H](N)C1.Cl. The number of amides is 1. The van der Waals surface area contributed by atoms with Crippen LogP contribution in [-0.4, -0.2) is 36.0 Å². The van der Waals surface area contributed by atoms with Crippen LogP contribution in [0.2, 0.25) is 5.02 Å². The number of likely N-dealkylation sites (tertiary alicyclic amines) is 1. The Morgan fingerprint density at radius 2 is 2.21 bits per heavy atom. The van der Waals surface area contributed by atoms with Crippen molar-refractivity contribution < 1.29 is 9.53 Å². The van der Waals surface area contributed by atoms with E-state index in [2.05, 4.69) is 0 Å². The molecule has 1 heterocycles. The lowest BCUT2D eigenvalue weighted by Crippen LogP contribution is -2.40. The van der Waals surface area contributed by atoms with Crippen LogP contribution in [0.3, 0.4) is 0 Å². The van der Waals surface area contributed by atoms with Gasteiger partial charge in [0.25, 0.3) is 5.91 Å². The molecule has 1 aliphatic heterocycles. The average Bonchev–Trinajstić information content (AvgIpc) is 2.78. The molecule has 0 spiro atoms. The second-order valence-electron chi connectivity index (χ2n) is 4.52. The number of carbonyl (C=O) groups excluding carboxylic acids is 1. The molecule has 106 valence electrons. The van der Waals surface area contributed by atoms with E-state index in [1.54, 1.807) is 24.0 Å². The van der Waals surface area contributed by atoms with E-state index in [9.17, 15) is 4.79 Å². The summed E-state index contributed by atoms with van der Waals surface area (Å²) in [5.74, 6) is 0.492.